The molecule has 23 heavy (non-hydrogen) atoms. The number of nitrogens with one attached hydrogen (secondary N) is 1. The van der Waals surface area contributed by atoms with E-state index in [4.69, 9.17) is 4.74 Å². The summed E-state index contributed by atoms with van der Waals surface area (Å²) >= 11 is 0. The van der Waals surface area contributed by atoms with Gasteiger partial charge in [-0.25, -0.2) is 15.0 Å². The van der Waals surface area contributed by atoms with Gasteiger partial charge in [-0.3, -0.25) is 0 Å². The van der Waals surface area contributed by atoms with Crippen LogP contribution in [0, 0.1) is 6.92 Å². The number of fused-ring (bicyclic) bond motifs is 1. The molecule has 1 aliphatic rings. The van der Waals surface area contributed by atoms with Crippen molar-refractivity contribution in [1.82, 2.24) is 19.5 Å². The Kier molecular flexibility index (Phi) is 3.37. The smallest absolute Gasteiger partial charge is 0.165 e. The summed E-state index contributed by atoms with van der Waals surface area (Å²) in [4.78, 5) is 13.2. The van der Waals surface area contributed by atoms with Gasteiger partial charge in [0.15, 0.2) is 11.5 Å². The predicted octanol–water partition coefficient (Wildman–Crippen LogP) is 3.09. The van der Waals surface area contributed by atoms with Crippen LogP contribution in [-0.2, 0) is 6.54 Å². The van der Waals surface area contributed by atoms with E-state index in [1.165, 1.54) is 12.8 Å². The molecule has 1 aromatic carbocycles. The van der Waals surface area contributed by atoms with Crippen LogP contribution in [0.2, 0.25) is 0 Å². The first-order valence-corrected chi connectivity index (χ1v) is 7.81. The third-order valence-electron chi connectivity index (χ3n) is 4.23. The maximum Gasteiger partial charge on any atom is 0.165 e. The summed E-state index contributed by atoms with van der Waals surface area (Å²) in [5.41, 5.74) is 4.01. The van der Waals surface area contributed by atoms with Crippen LogP contribution >= 0.6 is 0 Å². The van der Waals surface area contributed by atoms with Crippen LogP contribution < -0.4 is 10.1 Å². The van der Waals surface area contributed by atoms with E-state index in [1.54, 1.807) is 13.4 Å². The highest BCUT2D eigenvalue weighted by molar-refractivity contribution is 5.82. The maximum absolute atomic E-state index is 5.38. The summed E-state index contributed by atoms with van der Waals surface area (Å²) < 4.78 is 7.53. The number of methoxy groups -OCH3 is 1. The largest absolute Gasteiger partial charge is 0.496 e. The minimum absolute atomic E-state index is 0.559. The lowest BCUT2D eigenvalue weighted by molar-refractivity contribution is 0.411. The van der Waals surface area contributed by atoms with Crippen LogP contribution in [-0.4, -0.2) is 26.6 Å². The Morgan fingerprint density at radius 3 is 2.91 bits per heavy atom. The maximum atomic E-state index is 5.38. The quantitative estimate of drug-likeness (QED) is 0.784. The highest BCUT2D eigenvalue weighted by Gasteiger charge is 2.26. The van der Waals surface area contributed by atoms with Gasteiger partial charge >= 0.3 is 0 Å². The minimum atomic E-state index is 0.559. The van der Waals surface area contributed by atoms with Gasteiger partial charge in [0.2, 0.25) is 0 Å². The van der Waals surface area contributed by atoms with Gasteiger partial charge in [-0.2, -0.15) is 0 Å². The number of ether oxygens (including phenoxy) is 1. The first-order chi connectivity index (χ1) is 11.3. The Balaban J connectivity index is 1.58. The van der Waals surface area contributed by atoms with Gasteiger partial charge in [0.1, 0.15) is 17.6 Å². The topological polar surface area (TPSA) is 64.9 Å². The van der Waals surface area contributed by atoms with Gasteiger partial charge in [0.25, 0.3) is 0 Å². The fourth-order valence-electron chi connectivity index (χ4n) is 2.76. The molecule has 0 spiro atoms. The molecule has 0 bridgehead atoms. The third-order valence-corrected chi connectivity index (χ3v) is 4.23. The predicted molar refractivity (Wildman–Crippen MR) is 88.7 cm³/mol. The Morgan fingerprint density at radius 2 is 2.13 bits per heavy atom. The van der Waals surface area contributed by atoms with E-state index in [-0.39, 0.29) is 0 Å². The molecule has 0 aliphatic heterocycles. The summed E-state index contributed by atoms with van der Waals surface area (Å²) in [7, 11) is 1.69. The van der Waals surface area contributed by atoms with Crippen molar-refractivity contribution in [2.24, 2.45) is 0 Å². The number of aromatic nitrogens is 4. The summed E-state index contributed by atoms with van der Waals surface area (Å²) in [6.07, 6.45) is 5.89. The van der Waals surface area contributed by atoms with Gasteiger partial charge in [-0.15, -0.1) is 0 Å². The fourth-order valence-corrected chi connectivity index (χ4v) is 2.76. The fraction of sp³-hybridized carbons (Fsp3) is 0.353. The first-order valence-electron chi connectivity index (χ1n) is 7.81. The number of nitrogens with zero attached hydrogens (tertiary/aromatic N) is 4. The molecular formula is C17H19N5O. The third kappa shape index (κ3) is 2.60. The van der Waals surface area contributed by atoms with Crippen molar-refractivity contribution in [3.63, 3.8) is 0 Å². The zero-order valence-corrected chi connectivity index (χ0v) is 13.3. The van der Waals surface area contributed by atoms with Gasteiger partial charge in [0.05, 0.1) is 13.4 Å². The minimum Gasteiger partial charge on any atom is -0.496 e. The van der Waals surface area contributed by atoms with Crippen LogP contribution in [0.4, 0.5) is 5.82 Å². The van der Waals surface area contributed by atoms with Crippen molar-refractivity contribution in [2.75, 3.05) is 12.4 Å². The number of benzene rings is 1. The molecule has 1 saturated carbocycles. The lowest BCUT2D eigenvalue weighted by Gasteiger charge is -2.09. The lowest BCUT2D eigenvalue weighted by atomic mass is 10.1. The molecule has 1 fully saturated rings. The van der Waals surface area contributed by atoms with Crippen LogP contribution in [0.25, 0.3) is 11.2 Å². The Morgan fingerprint density at radius 1 is 1.26 bits per heavy atom. The zero-order chi connectivity index (χ0) is 15.8. The number of anilines is 1. The summed E-state index contributed by atoms with van der Waals surface area (Å²) in [6.45, 7) is 2.70. The molecule has 4 rings (SSSR count). The average molecular weight is 309 g/mol. The Labute approximate surface area is 134 Å². The number of rotatable bonds is 5. The van der Waals surface area contributed by atoms with Crippen LogP contribution in [0.15, 0.2) is 30.9 Å². The number of hydrogen-bond acceptors (Lipinski definition) is 5. The van der Waals surface area contributed by atoms with Gasteiger partial charge in [0, 0.05) is 12.6 Å². The van der Waals surface area contributed by atoms with E-state index in [2.05, 4.69) is 37.0 Å². The molecular weight excluding hydrogens is 290 g/mol. The number of imidazole rings is 1. The molecule has 0 unspecified atom stereocenters. The summed E-state index contributed by atoms with van der Waals surface area (Å²) in [5.74, 6) is 1.67. The SMILES string of the molecule is COc1cc(CNc2ncnc3c2ncn3C2CC2)ccc1C. The second-order valence-corrected chi connectivity index (χ2v) is 5.94. The van der Waals surface area contributed by atoms with Crippen molar-refractivity contribution >= 4 is 17.0 Å². The molecule has 6 nitrogen and oxygen atoms in total. The molecule has 0 atom stereocenters. The van der Waals surface area contributed by atoms with E-state index in [9.17, 15) is 0 Å². The van der Waals surface area contributed by atoms with E-state index in [1.807, 2.05) is 19.3 Å². The highest BCUT2D eigenvalue weighted by Crippen LogP contribution is 2.37. The summed E-state index contributed by atoms with van der Waals surface area (Å²) in [5, 5.41) is 3.36. The van der Waals surface area contributed by atoms with E-state index in [0.29, 0.717) is 12.6 Å². The molecule has 3 aromatic rings. The standard InChI is InChI=1S/C17H19N5O/c1-11-3-4-12(7-14(11)23-2)8-18-16-15-17(20-9-19-16)22(10-21-15)13-5-6-13/h3-4,7,9-10,13H,5-6,8H2,1-2H3,(H,18,19,20). The number of hydrogen-bond donors (Lipinski definition) is 1. The normalized spacial score (nSPS) is 14.2. The van der Waals surface area contributed by atoms with Crippen molar-refractivity contribution < 1.29 is 4.74 Å². The van der Waals surface area contributed by atoms with Crippen molar-refractivity contribution in [1.29, 1.82) is 0 Å². The van der Waals surface area contributed by atoms with Crippen LogP contribution in [0.5, 0.6) is 5.75 Å². The Hall–Kier alpha value is -2.63. The van der Waals surface area contributed by atoms with E-state index < -0.39 is 0 Å². The average Bonchev–Trinajstić information content (AvgIpc) is 3.33. The molecule has 2 aromatic heterocycles. The second-order valence-electron chi connectivity index (χ2n) is 5.94. The van der Waals surface area contributed by atoms with Gasteiger partial charge < -0.3 is 14.6 Å². The number of aryl methyl sites for hydroxylation is 1. The van der Waals surface area contributed by atoms with Crippen molar-refractivity contribution in [3.8, 4) is 5.75 Å². The molecule has 0 saturated heterocycles. The zero-order valence-electron chi connectivity index (χ0n) is 13.3. The molecule has 6 heteroatoms. The van der Waals surface area contributed by atoms with Crippen molar-refractivity contribution in [2.45, 2.75) is 32.4 Å². The molecule has 0 radical (unpaired) electrons. The van der Waals surface area contributed by atoms with Gasteiger partial charge in [-0.1, -0.05) is 12.1 Å². The molecule has 1 N–H and O–H groups in total. The van der Waals surface area contributed by atoms with Crippen molar-refractivity contribution in [3.05, 3.63) is 42.0 Å². The first kappa shape index (κ1) is 14.0. The van der Waals surface area contributed by atoms with Gasteiger partial charge in [-0.05, 0) is 37.0 Å². The monoisotopic (exact) mass is 309 g/mol. The summed E-state index contributed by atoms with van der Waals surface area (Å²) in [6, 6.07) is 6.76. The van der Waals surface area contributed by atoms with E-state index in [0.717, 1.165) is 33.9 Å². The molecule has 1 aliphatic carbocycles. The highest BCUT2D eigenvalue weighted by atomic mass is 16.5. The molecule has 0 amide bonds. The molecule has 118 valence electrons. The second kappa shape index (κ2) is 5.53. The lowest BCUT2D eigenvalue weighted by Crippen LogP contribution is -2.04. The van der Waals surface area contributed by atoms with Crippen LogP contribution in [0.3, 0.4) is 0 Å². The van der Waals surface area contributed by atoms with Crippen LogP contribution in [0.1, 0.15) is 30.0 Å². The van der Waals surface area contributed by atoms with E-state index >= 15 is 0 Å². The molecule has 2 heterocycles. The Bertz CT molecular complexity index is 853.